The molecule has 3 aromatic carbocycles. The Hall–Kier alpha value is -3.44. The summed E-state index contributed by atoms with van der Waals surface area (Å²) in [5.74, 6) is -0.930. The molecule has 0 atom stereocenters. The zero-order chi connectivity index (χ0) is 22.4. The van der Waals surface area contributed by atoms with Gasteiger partial charge in [-0.3, -0.25) is 14.4 Å². The molecular formula is C25H23ClN2O3. The Morgan fingerprint density at radius 1 is 0.839 bits per heavy atom. The number of rotatable bonds is 7. The van der Waals surface area contributed by atoms with Gasteiger partial charge in [-0.15, -0.1) is 0 Å². The molecule has 0 aliphatic carbocycles. The van der Waals surface area contributed by atoms with Gasteiger partial charge in [-0.2, -0.15) is 0 Å². The topological polar surface area (TPSA) is 75.3 Å². The Kier molecular flexibility index (Phi) is 7.21. The molecule has 0 bridgehead atoms. The van der Waals surface area contributed by atoms with Gasteiger partial charge < -0.3 is 10.6 Å². The van der Waals surface area contributed by atoms with E-state index in [1.807, 2.05) is 26.0 Å². The van der Waals surface area contributed by atoms with Crippen LogP contribution in [0.4, 0.5) is 5.69 Å². The van der Waals surface area contributed by atoms with Crippen LogP contribution < -0.4 is 10.6 Å². The standard InChI is InChI=1S/C25H23ClN2O3/c1-3-14-27-24(30)21-13-12-18(15-22(21)26)28-25(31)20-7-5-4-6-19(20)23(29)17-10-8-16(2)9-11-17/h4-13,15H,3,14H2,1-2H3,(H,27,30)(H,28,31). The maximum atomic E-state index is 12.9. The third-order valence-electron chi connectivity index (χ3n) is 4.74. The lowest BCUT2D eigenvalue weighted by Gasteiger charge is -2.11. The molecule has 0 saturated carbocycles. The van der Waals surface area contributed by atoms with Gasteiger partial charge in [-0.25, -0.2) is 0 Å². The Morgan fingerprint density at radius 3 is 2.16 bits per heavy atom. The molecule has 0 fully saturated rings. The Balaban J connectivity index is 1.81. The molecule has 2 amide bonds. The molecule has 0 radical (unpaired) electrons. The highest BCUT2D eigenvalue weighted by Crippen LogP contribution is 2.23. The first-order valence-electron chi connectivity index (χ1n) is 10.00. The van der Waals surface area contributed by atoms with E-state index in [2.05, 4.69) is 10.6 Å². The van der Waals surface area contributed by atoms with Crippen molar-refractivity contribution in [3.8, 4) is 0 Å². The van der Waals surface area contributed by atoms with Crippen molar-refractivity contribution in [3.63, 3.8) is 0 Å². The summed E-state index contributed by atoms with van der Waals surface area (Å²) in [6, 6.07) is 18.5. The van der Waals surface area contributed by atoms with Crippen LogP contribution in [0.15, 0.2) is 66.7 Å². The number of halogens is 1. The summed E-state index contributed by atoms with van der Waals surface area (Å²) < 4.78 is 0. The van der Waals surface area contributed by atoms with Gasteiger partial charge in [-0.05, 0) is 37.6 Å². The minimum Gasteiger partial charge on any atom is -0.352 e. The first-order valence-corrected chi connectivity index (χ1v) is 10.4. The van der Waals surface area contributed by atoms with Crippen LogP contribution in [0.1, 0.15) is 55.5 Å². The summed E-state index contributed by atoms with van der Waals surface area (Å²) in [6.45, 7) is 4.46. The van der Waals surface area contributed by atoms with Crippen LogP contribution in [0.25, 0.3) is 0 Å². The van der Waals surface area contributed by atoms with Crippen LogP contribution in [0.3, 0.4) is 0 Å². The lowest BCUT2D eigenvalue weighted by molar-refractivity contribution is 0.0953. The molecule has 0 aliphatic heterocycles. The second kappa shape index (κ2) is 10.0. The summed E-state index contributed by atoms with van der Waals surface area (Å²) in [7, 11) is 0. The summed E-state index contributed by atoms with van der Waals surface area (Å²) >= 11 is 6.24. The van der Waals surface area contributed by atoms with Gasteiger partial charge in [-0.1, -0.05) is 66.6 Å². The maximum Gasteiger partial charge on any atom is 0.256 e. The van der Waals surface area contributed by atoms with Crippen molar-refractivity contribution in [1.82, 2.24) is 5.32 Å². The van der Waals surface area contributed by atoms with Crippen LogP contribution in [0, 0.1) is 6.92 Å². The first-order chi connectivity index (χ1) is 14.9. The Morgan fingerprint density at radius 2 is 1.52 bits per heavy atom. The van der Waals surface area contributed by atoms with Gasteiger partial charge in [0.15, 0.2) is 5.78 Å². The molecule has 0 aromatic heterocycles. The summed E-state index contributed by atoms with van der Waals surface area (Å²) in [5, 5.41) is 5.76. The van der Waals surface area contributed by atoms with Crippen molar-refractivity contribution in [3.05, 3.63) is 99.6 Å². The van der Waals surface area contributed by atoms with E-state index in [1.54, 1.807) is 48.5 Å². The molecule has 0 saturated heterocycles. The van der Waals surface area contributed by atoms with Crippen LogP contribution in [-0.2, 0) is 0 Å². The van der Waals surface area contributed by atoms with Crippen molar-refractivity contribution >= 4 is 34.9 Å². The highest BCUT2D eigenvalue weighted by molar-refractivity contribution is 6.34. The van der Waals surface area contributed by atoms with Crippen molar-refractivity contribution in [2.24, 2.45) is 0 Å². The van der Waals surface area contributed by atoms with E-state index in [0.717, 1.165) is 12.0 Å². The number of hydrogen-bond acceptors (Lipinski definition) is 3. The smallest absolute Gasteiger partial charge is 0.256 e. The van der Waals surface area contributed by atoms with Crippen molar-refractivity contribution in [1.29, 1.82) is 0 Å². The number of hydrogen-bond donors (Lipinski definition) is 2. The summed E-state index contributed by atoms with van der Waals surface area (Å²) in [6.07, 6.45) is 0.818. The fourth-order valence-corrected chi connectivity index (χ4v) is 3.32. The average Bonchev–Trinajstić information content (AvgIpc) is 2.77. The molecule has 0 aliphatic rings. The third kappa shape index (κ3) is 5.38. The number of amides is 2. The Bertz CT molecular complexity index is 1120. The van der Waals surface area contributed by atoms with Crippen molar-refractivity contribution < 1.29 is 14.4 Å². The number of anilines is 1. The maximum absolute atomic E-state index is 12.9. The fourth-order valence-electron chi connectivity index (χ4n) is 3.05. The highest BCUT2D eigenvalue weighted by Gasteiger charge is 2.19. The zero-order valence-corrected chi connectivity index (χ0v) is 18.1. The van der Waals surface area contributed by atoms with E-state index in [4.69, 9.17) is 11.6 Å². The van der Waals surface area contributed by atoms with Gasteiger partial charge in [0.1, 0.15) is 0 Å². The second-order valence-electron chi connectivity index (χ2n) is 7.15. The van der Waals surface area contributed by atoms with Gasteiger partial charge in [0.25, 0.3) is 11.8 Å². The van der Waals surface area contributed by atoms with E-state index < -0.39 is 5.91 Å². The molecule has 5 nitrogen and oxygen atoms in total. The first kappa shape index (κ1) is 22.2. The molecule has 0 unspecified atom stereocenters. The average molecular weight is 435 g/mol. The largest absolute Gasteiger partial charge is 0.352 e. The summed E-state index contributed by atoms with van der Waals surface area (Å²) in [5.41, 5.74) is 2.89. The van der Waals surface area contributed by atoms with Gasteiger partial charge in [0.2, 0.25) is 0 Å². The number of carbonyl (C=O) groups excluding carboxylic acids is 3. The number of ketones is 1. The lowest BCUT2D eigenvalue weighted by atomic mass is 9.97. The minimum absolute atomic E-state index is 0.230. The summed E-state index contributed by atoms with van der Waals surface area (Å²) in [4.78, 5) is 38.0. The molecule has 2 N–H and O–H groups in total. The molecule has 3 rings (SSSR count). The van der Waals surface area contributed by atoms with E-state index in [0.29, 0.717) is 28.9 Å². The fraction of sp³-hybridized carbons (Fsp3) is 0.160. The van der Waals surface area contributed by atoms with Crippen molar-refractivity contribution in [2.75, 3.05) is 11.9 Å². The zero-order valence-electron chi connectivity index (χ0n) is 17.4. The van der Waals surface area contributed by atoms with Gasteiger partial charge in [0.05, 0.1) is 16.1 Å². The number of nitrogens with one attached hydrogen (secondary N) is 2. The normalized spacial score (nSPS) is 10.4. The van der Waals surface area contributed by atoms with E-state index in [9.17, 15) is 14.4 Å². The molecule has 158 valence electrons. The molecule has 0 spiro atoms. The predicted molar refractivity (Wildman–Crippen MR) is 123 cm³/mol. The second-order valence-corrected chi connectivity index (χ2v) is 7.55. The minimum atomic E-state index is -0.435. The molecule has 6 heteroatoms. The predicted octanol–water partition coefficient (Wildman–Crippen LogP) is 5.27. The van der Waals surface area contributed by atoms with E-state index >= 15 is 0 Å². The van der Waals surface area contributed by atoms with Gasteiger partial charge in [0, 0.05) is 23.4 Å². The molecule has 0 heterocycles. The van der Waals surface area contributed by atoms with Crippen LogP contribution in [-0.4, -0.2) is 24.1 Å². The number of aryl methyl sites for hydroxylation is 1. The van der Waals surface area contributed by atoms with Crippen molar-refractivity contribution in [2.45, 2.75) is 20.3 Å². The molecule has 3 aromatic rings. The molecule has 31 heavy (non-hydrogen) atoms. The van der Waals surface area contributed by atoms with Gasteiger partial charge >= 0.3 is 0 Å². The van der Waals surface area contributed by atoms with E-state index in [1.165, 1.54) is 6.07 Å². The lowest BCUT2D eigenvalue weighted by Crippen LogP contribution is -2.24. The van der Waals surface area contributed by atoms with E-state index in [-0.39, 0.29) is 22.3 Å². The Labute approximate surface area is 186 Å². The van der Waals surface area contributed by atoms with Crippen LogP contribution >= 0.6 is 11.6 Å². The quantitative estimate of drug-likeness (QED) is 0.497. The molecular weight excluding hydrogens is 412 g/mol. The number of benzene rings is 3. The number of carbonyl (C=O) groups is 3. The monoisotopic (exact) mass is 434 g/mol. The highest BCUT2D eigenvalue weighted by atomic mass is 35.5. The van der Waals surface area contributed by atoms with Crippen LogP contribution in [0.5, 0.6) is 0 Å². The van der Waals surface area contributed by atoms with Crippen LogP contribution in [0.2, 0.25) is 5.02 Å². The SMILES string of the molecule is CCCNC(=O)c1ccc(NC(=O)c2ccccc2C(=O)c2ccc(C)cc2)cc1Cl. The third-order valence-corrected chi connectivity index (χ3v) is 5.05.